The smallest absolute Gasteiger partial charge is 0.335 e. The number of aryl methyl sites for hydroxylation is 1. The van der Waals surface area contributed by atoms with Gasteiger partial charge in [0.2, 0.25) is 0 Å². The Morgan fingerprint density at radius 2 is 2.09 bits per heavy atom. The van der Waals surface area contributed by atoms with Gasteiger partial charge in [-0.05, 0) is 25.1 Å². The fourth-order valence-corrected chi connectivity index (χ4v) is 1.80. The Kier molecular flexibility index (Phi) is 4.42. The Morgan fingerprint density at radius 1 is 1.35 bits per heavy atom. The molecule has 0 aliphatic carbocycles. The van der Waals surface area contributed by atoms with Gasteiger partial charge in [-0.2, -0.15) is 5.26 Å². The zero-order valence-electron chi connectivity index (χ0n) is 11.9. The number of anilines is 1. The summed E-state index contributed by atoms with van der Waals surface area (Å²) in [6.45, 7) is 1.52. The predicted octanol–water partition coefficient (Wildman–Crippen LogP) is 2.11. The Labute approximate surface area is 130 Å². The Morgan fingerprint density at radius 3 is 2.65 bits per heavy atom. The van der Waals surface area contributed by atoms with Crippen molar-refractivity contribution in [1.82, 2.24) is 5.16 Å². The van der Waals surface area contributed by atoms with Crippen LogP contribution < -0.4 is 5.32 Å². The van der Waals surface area contributed by atoms with Crippen LogP contribution in [0.2, 0.25) is 0 Å². The summed E-state index contributed by atoms with van der Waals surface area (Å²) in [4.78, 5) is 23.0. The third-order valence-corrected chi connectivity index (χ3v) is 2.95. The maximum Gasteiger partial charge on any atom is 0.335 e. The van der Waals surface area contributed by atoms with E-state index in [4.69, 9.17) is 14.9 Å². The number of carbonyl (C=O) groups excluding carboxylic acids is 1. The summed E-state index contributed by atoms with van der Waals surface area (Å²) in [5, 5.41) is 33.9. The van der Waals surface area contributed by atoms with Crippen molar-refractivity contribution in [3.63, 3.8) is 0 Å². The summed E-state index contributed by atoms with van der Waals surface area (Å²) < 4.78 is 4.77. The van der Waals surface area contributed by atoms with Crippen LogP contribution >= 0.6 is 0 Å². The van der Waals surface area contributed by atoms with E-state index in [0.717, 1.165) is 0 Å². The van der Waals surface area contributed by atoms with Crippen LogP contribution in [0.25, 0.3) is 5.76 Å². The van der Waals surface area contributed by atoms with Gasteiger partial charge in [0.25, 0.3) is 5.91 Å². The molecule has 0 aliphatic heterocycles. The summed E-state index contributed by atoms with van der Waals surface area (Å²) in [5.74, 6) is -2.36. The van der Waals surface area contributed by atoms with Crippen LogP contribution in [-0.4, -0.2) is 27.2 Å². The number of hydrogen-bond acceptors (Lipinski definition) is 6. The first kappa shape index (κ1) is 15.8. The molecule has 0 atom stereocenters. The van der Waals surface area contributed by atoms with Gasteiger partial charge in [-0.15, -0.1) is 0 Å². The van der Waals surface area contributed by atoms with Gasteiger partial charge in [-0.1, -0.05) is 11.2 Å². The second kappa shape index (κ2) is 6.44. The van der Waals surface area contributed by atoms with Crippen LogP contribution in [0.4, 0.5) is 5.69 Å². The maximum atomic E-state index is 12.1. The van der Waals surface area contributed by atoms with Crippen molar-refractivity contribution in [1.29, 1.82) is 5.26 Å². The van der Waals surface area contributed by atoms with Crippen molar-refractivity contribution in [2.45, 2.75) is 6.92 Å². The molecule has 116 valence electrons. The first-order valence-electron chi connectivity index (χ1n) is 6.33. The van der Waals surface area contributed by atoms with Gasteiger partial charge in [0.1, 0.15) is 11.8 Å². The topological polar surface area (TPSA) is 136 Å². The minimum atomic E-state index is -1.15. The summed E-state index contributed by atoms with van der Waals surface area (Å²) in [6.07, 6.45) is 1.18. The van der Waals surface area contributed by atoms with Crippen LogP contribution in [0.15, 0.2) is 40.6 Å². The number of nitriles is 1. The zero-order valence-corrected chi connectivity index (χ0v) is 11.9. The highest BCUT2D eigenvalue weighted by molar-refractivity contribution is 6.11. The average Bonchev–Trinajstić information content (AvgIpc) is 2.94. The van der Waals surface area contributed by atoms with E-state index in [-0.39, 0.29) is 22.6 Å². The molecule has 0 saturated carbocycles. The molecule has 8 nitrogen and oxygen atoms in total. The summed E-state index contributed by atoms with van der Waals surface area (Å²) in [5.41, 5.74) is -0.269. The van der Waals surface area contributed by atoms with Crippen LogP contribution in [0, 0.1) is 18.3 Å². The number of amides is 1. The van der Waals surface area contributed by atoms with E-state index in [1.165, 1.54) is 37.4 Å². The quantitative estimate of drug-likeness (QED) is 0.446. The van der Waals surface area contributed by atoms with Gasteiger partial charge in [-0.3, -0.25) is 4.79 Å². The number of aromatic nitrogens is 1. The molecular formula is C15H11N3O5. The standard InChI is InChI=1S/C15H11N3O5/c1-8-12(7-17-23-8)13(19)11(6-16)14(20)18-10-4-2-3-9(5-10)15(21)22/h2-5,7,19H,1H3,(H,18,20)(H,21,22)/b13-11-. The number of carboxylic acid groups (broad SMARTS) is 1. The van der Waals surface area contributed by atoms with Gasteiger partial charge in [0.05, 0.1) is 17.3 Å². The van der Waals surface area contributed by atoms with Crippen LogP contribution in [-0.2, 0) is 4.79 Å². The second-order valence-electron chi connectivity index (χ2n) is 4.47. The Hall–Kier alpha value is -3.60. The van der Waals surface area contributed by atoms with E-state index in [2.05, 4.69) is 10.5 Å². The highest BCUT2D eigenvalue weighted by Crippen LogP contribution is 2.20. The molecule has 2 aromatic rings. The van der Waals surface area contributed by atoms with Crippen molar-refractivity contribution in [3.8, 4) is 6.07 Å². The van der Waals surface area contributed by atoms with Gasteiger partial charge in [0.15, 0.2) is 11.3 Å². The third kappa shape index (κ3) is 3.36. The summed E-state index contributed by atoms with van der Waals surface area (Å²) in [6, 6.07) is 7.10. The van der Waals surface area contributed by atoms with Crippen molar-refractivity contribution in [2.75, 3.05) is 5.32 Å². The minimum Gasteiger partial charge on any atom is -0.506 e. The van der Waals surface area contributed by atoms with E-state index in [9.17, 15) is 14.7 Å². The van der Waals surface area contributed by atoms with Gasteiger partial charge < -0.3 is 20.1 Å². The molecule has 0 unspecified atom stereocenters. The molecule has 1 amide bonds. The van der Waals surface area contributed by atoms with E-state index in [1.807, 2.05) is 0 Å². The van der Waals surface area contributed by atoms with Crippen molar-refractivity contribution < 1.29 is 24.3 Å². The van der Waals surface area contributed by atoms with Crippen LogP contribution in [0.5, 0.6) is 0 Å². The van der Waals surface area contributed by atoms with Crippen molar-refractivity contribution in [3.05, 3.63) is 52.9 Å². The molecular weight excluding hydrogens is 302 g/mol. The lowest BCUT2D eigenvalue weighted by molar-refractivity contribution is -0.112. The maximum absolute atomic E-state index is 12.1. The molecule has 0 aliphatic rings. The second-order valence-corrected chi connectivity index (χ2v) is 4.47. The average molecular weight is 313 g/mol. The largest absolute Gasteiger partial charge is 0.506 e. The number of aliphatic hydroxyl groups excluding tert-OH is 1. The predicted molar refractivity (Wildman–Crippen MR) is 78.4 cm³/mol. The number of aliphatic hydroxyl groups is 1. The lowest BCUT2D eigenvalue weighted by Gasteiger charge is -2.06. The number of benzene rings is 1. The number of carbonyl (C=O) groups is 2. The number of aromatic carboxylic acids is 1. The molecule has 2 rings (SSSR count). The van der Waals surface area contributed by atoms with E-state index < -0.39 is 23.2 Å². The number of hydrogen-bond donors (Lipinski definition) is 3. The minimum absolute atomic E-state index is 0.0237. The fourth-order valence-electron chi connectivity index (χ4n) is 1.80. The van der Waals surface area contributed by atoms with Gasteiger partial charge in [-0.25, -0.2) is 4.79 Å². The number of nitrogens with one attached hydrogen (secondary N) is 1. The Bertz CT molecular complexity index is 845. The van der Waals surface area contributed by atoms with Crippen LogP contribution in [0.1, 0.15) is 21.7 Å². The Balaban J connectivity index is 2.32. The number of nitrogens with zero attached hydrogens (tertiary/aromatic N) is 2. The first-order chi connectivity index (χ1) is 10.9. The molecule has 1 aromatic heterocycles. The SMILES string of the molecule is Cc1oncc1/C(O)=C(\C#N)C(=O)Nc1cccc(C(=O)O)c1. The highest BCUT2D eigenvalue weighted by Gasteiger charge is 2.20. The third-order valence-electron chi connectivity index (χ3n) is 2.95. The molecule has 0 spiro atoms. The lowest BCUT2D eigenvalue weighted by atomic mass is 10.1. The van der Waals surface area contributed by atoms with Gasteiger partial charge >= 0.3 is 5.97 Å². The lowest BCUT2D eigenvalue weighted by Crippen LogP contribution is -2.15. The van der Waals surface area contributed by atoms with Gasteiger partial charge in [0, 0.05) is 5.69 Å². The van der Waals surface area contributed by atoms with E-state index in [1.54, 1.807) is 6.07 Å². The molecule has 23 heavy (non-hydrogen) atoms. The molecule has 8 heteroatoms. The normalized spacial score (nSPS) is 11.3. The van der Waals surface area contributed by atoms with Crippen molar-refractivity contribution >= 4 is 23.3 Å². The molecule has 0 fully saturated rings. The summed E-state index contributed by atoms with van der Waals surface area (Å²) >= 11 is 0. The highest BCUT2D eigenvalue weighted by atomic mass is 16.5. The number of carboxylic acids is 1. The first-order valence-corrected chi connectivity index (χ1v) is 6.33. The molecule has 3 N–H and O–H groups in total. The van der Waals surface area contributed by atoms with E-state index in [0.29, 0.717) is 0 Å². The summed E-state index contributed by atoms with van der Waals surface area (Å²) in [7, 11) is 0. The molecule has 0 saturated heterocycles. The van der Waals surface area contributed by atoms with Crippen LogP contribution in [0.3, 0.4) is 0 Å². The monoisotopic (exact) mass is 313 g/mol. The molecule has 1 aromatic carbocycles. The molecule has 0 bridgehead atoms. The van der Waals surface area contributed by atoms with Crippen molar-refractivity contribution in [2.24, 2.45) is 0 Å². The molecule has 0 radical (unpaired) electrons. The molecule has 1 heterocycles. The van der Waals surface area contributed by atoms with E-state index >= 15 is 0 Å². The zero-order chi connectivity index (χ0) is 17.0. The number of rotatable bonds is 4. The fraction of sp³-hybridized carbons (Fsp3) is 0.0667.